The van der Waals surface area contributed by atoms with E-state index in [4.69, 9.17) is 10.5 Å². The topological polar surface area (TPSA) is 48.1 Å². The van der Waals surface area contributed by atoms with E-state index in [9.17, 15) is 26.3 Å². The smallest absolute Gasteiger partial charge is 0.402 e. The average molecular weight is 316 g/mol. The Morgan fingerprint density at radius 2 is 1.71 bits per heavy atom. The molecule has 0 aliphatic heterocycles. The zero-order valence-corrected chi connectivity index (χ0v) is 11.0. The summed E-state index contributed by atoms with van der Waals surface area (Å²) in [5.41, 5.74) is 4.79. The van der Waals surface area contributed by atoms with Crippen molar-refractivity contribution in [3.8, 4) is 5.75 Å². The van der Waals surface area contributed by atoms with E-state index in [1.807, 2.05) is 0 Å². The van der Waals surface area contributed by atoms with Gasteiger partial charge in [-0.1, -0.05) is 6.92 Å². The number of alkyl halides is 6. The van der Waals surface area contributed by atoms with Crippen LogP contribution in [0, 0.1) is 5.92 Å². The number of pyridine rings is 1. The molecule has 120 valence electrons. The van der Waals surface area contributed by atoms with E-state index in [1.165, 1.54) is 6.20 Å². The van der Waals surface area contributed by atoms with Gasteiger partial charge in [0.25, 0.3) is 0 Å². The Balaban J connectivity index is 3.07. The van der Waals surface area contributed by atoms with Crippen LogP contribution in [0.5, 0.6) is 5.75 Å². The summed E-state index contributed by atoms with van der Waals surface area (Å²) in [4.78, 5) is 3.57. The molecular weight excluding hydrogens is 302 g/mol. The zero-order valence-electron chi connectivity index (χ0n) is 11.0. The van der Waals surface area contributed by atoms with Crippen molar-refractivity contribution in [2.45, 2.75) is 31.7 Å². The molecule has 0 saturated carbocycles. The second kappa shape index (κ2) is 6.50. The predicted molar refractivity (Wildman–Crippen MR) is 62.6 cm³/mol. The van der Waals surface area contributed by atoms with Gasteiger partial charge in [0.15, 0.2) is 5.92 Å². The van der Waals surface area contributed by atoms with Crippen LogP contribution in [0.2, 0.25) is 0 Å². The van der Waals surface area contributed by atoms with Crippen LogP contribution in [0.3, 0.4) is 0 Å². The summed E-state index contributed by atoms with van der Waals surface area (Å²) >= 11 is 0. The second-order valence-electron chi connectivity index (χ2n) is 4.39. The van der Waals surface area contributed by atoms with Crippen molar-refractivity contribution >= 4 is 0 Å². The van der Waals surface area contributed by atoms with Crippen molar-refractivity contribution < 1.29 is 31.1 Å². The van der Waals surface area contributed by atoms with Gasteiger partial charge in [-0.15, -0.1) is 0 Å². The lowest BCUT2D eigenvalue weighted by molar-refractivity contribution is -0.290. The fourth-order valence-electron chi connectivity index (χ4n) is 1.70. The largest absolute Gasteiger partial charge is 0.492 e. The highest BCUT2D eigenvalue weighted by Gasteiger charge is 2.59. The summed E-state index contributed by atoms with van der Waals surface area (Å²) in [6.45, 7) is 2.06. The summed E-state index contributed by atoms with van der Waals surface area (Å²) in [5.74, 6) is -3.58. The van der Waals surface area contributed by atoms with E-state index >= 15 is 0 Å². The summed E-state index contributed by atoms with van der Waals surface area (Å²) in [5, 5.41) is 0. The van der Waals surface area contributed by atoms with Gasteiger partial charge in [-0.2, -0.15) is 26.3 Å². The zero-order chi connectivity index (χ0) is 16.3. The molecule has 0 spiro atoms. The third-order valence-corrected chi connectivity index (χ3v) is 2.66. The van der Waals surface area contributed by atoms with Crippen molar-refractivity contribution in [1.29, 1.82) is 0 Å². The molecule has 0 radical (unpaired) electrons. The number of hydrogen-bond donors (Lipinski definition) is 1. The number of nitrogens with two attached hydrogens (primary N) is 1. The van der Waals surface area contributed by atoms with Crippen LogP contribution in [0.1, 0.15) is 24.9 Å². The van der Waals surface area contributed by atoms with E-state index in [2.05, 4.69) is 4.98 Å². The Morgan fingerprint density at radius 3 is 2.19 bits per heavy atom. The highest BCUT2D eigenvalue weighted by Crippen LogP contribution is 2.45. The molecule has 0 saturated heterocycles. The van der Waals surface area contributed by atoms with E-state index in [0.717, 1.165) is 12.3 Å². The lowest BCUT2D eigenvalue weighted by Gasteiger charge is -2.28. The minimum absolute atomic E-state index is 0.0768. The normalized spacial score (nSPS) is 14.3. The van der Waals surface area contributed by atoms with Gasteiger partial charge in [0.05, 0.1) is 18.8 Å². The highest BCUT2D eigenvalue weighted by atomic mass is 19.4. The van der Waals surface area contributed by atoms with Crippen LogP contribution in [0.25, 0.3) is 0 Å². The average Bonchev–Trinajstić information content (AvgIpc) is 2.33. The van der Waals surface area contributed by atoms with Gasteiger partial charge in [0.2, 0.25) is 0 Å². The third kappa shape index (κ3) is 4.76. The molecule has 9 heteroatoms. The molecule has 0 fully saturated rings. The summed E-state index contributed by atoms with van der Waals surface area (Å²) in [7, 11) is 0. The van der Waals surface area contributed by atoms with Crippen LogP contribution in [0.4, 0.5) is 26.3 Å². The van der Waals surface area contributed by atoms with E-state index in [1.54, 1.807) is 6.92 Å². The lowest BCUT2D eigenvalue weighted by atomic mass is 9.93. The Bertz CT molecular complexity index is 446. The van der Waals surface area contributed by atoms with Gasteiger partial charge in [-0.3, -0.25) is 4.98 Å². The van der Waals surface area contributed by atoms with Crippen LogP contribution in [-0.2, 0) is 0 Å². The minimum Gasteiger partial charge on any atom is -0.492 e. The second-order valence-corrected chi connectivity index (χ2v) is 4.39. The first kappa shape index (κ1) is 17.5. The van der Waals surface area contributed by atoms with Gasteiger partial charge in [0, 0.05) is 6.20 Å². The van der Waals surface area contributed by atoms with Gasteiger partial charge >= 0.3 is 12.4 Å². The molecule has 0 bridgehead atoms. The van der Waals surface area contributed by atoms with Crippen LogP contribution in [0.15, 0.2) is 18.5 Å². The third-order valence-electron chi connectivity index (χ3n) is 2.66. The number of rotatable bonds is 5. The van der Waals surface area contributed by atoms with Crippen molar-refractivity contribution in [2.75, 3.05) is 6.61 Å². The molecular formula is C12H14F6N2O. The number of hydrogen-bond acceptors (Lipinski definition) is 3. The van der Waals surface area contributed by atoms with Gasteiger partial charge < -0.3 is 10.5 Å². The first-order valence-corrected chi connectivity index (χ1v) is 6.04. The molecule has 2 N–H and O–H groups in total. The number of aromatic nitrogens is 1. The first-order chi connectivity index (χ1) is 9.57. The molecule has 1 rings (SSSR count). The molecule has 3 nitrogen and oxygen atoms in total. The fraction of sp³-hybridized carbons (Fsp3) is 0.583. The Labute approximate surface area is 117 Å². The molecule has 1 aromatic heterocycles. The Morgan fingerprint density at radius 1 is 1.14 bits per heavy atom. The van der Waals surface area contributed by atoms with Crippen LogP contribution >= 0.6 is 0 Å². The van der Waals surface area contributed by atoms with Crippen molar-refractivity contribution in [1.82, 2.24) is 4.98 Å². The number of halogens is 6. The summed E-state index contributed by atoms with van der Waals surface area (Å²) < 4.78 is 80.7. The van der Waals surface area contributed by atoms with Crippen molar-refractivity contribution in [2.24, 2.45) is 11.7 Å². The highest BCUT2D eigenvalue weighted by molar-refractivity contribution is 5.26. The molecule has 1 heterocycles. The van der Waals surface area contributed by atoms with Gasteiger partial charge in [-0.05, 0) is 18.1 Å². The quantitative estimate of drug-likeness (QED) is 0.844. The SMILES string of the molecule is CCCOc1cncc(C(N)C(C(F)(F)F)C(F)(F)F)c1. The first-order valence-electron chi connectivity index (χ1n) is 6.04. The summed E-state index contributed by atoms with van der Waals surface area (Å²) in [6, 6.07) is -1.26. The molecule has 1 unspecified atom stereocenters. The van der Waals surface area contributed by atoms with Gasteiger partial charge in [0.1, 0.15) is 5.75 Å². The maximum atomic E-state index is 12.6. The molecule has 21 heavy (non-hydrogen) atoms. The maximum absolute atomic E-state index is 12.6. The minimum atomic E-state index is -5.50. The number of nitrogens with zero attached hydrogens (tertiary/aromatic N) is 1. The fourth-order valence-corrected chi connectivity index (χ4v) is 1.70. The lowest BCUT2D eigenvalue weighted by Crippen LogP contribution is -2.44. The summed E-state index contributed by atoms with van der Waals surface area (Å²) in [6.07, 6.45) is -8.31. The van der Waals surface area contributed by atoms with Crippen LogP contribution in [-0.4, -0.2) is 23.9 Å². The number of ether oxygens (including phenoxy) is 1. The van der Waals surface area contributed by atoms with Crippen molar-refractivity contribution in [3.05, 3.63) is 24.0 Å². The van der Waals surface area contributed by atoms with Gasteiger partial charge in [-0.25, -0.2) is 0 Å². The van der Waals surface area contributed by atoms with E-state index in [-0.39, 0.29) is 17.9 Å². The van der Waals surface area contributed by atoms with Crippen molar-refractivity contribution in [3.63, 3.8) is 0 Å². The van der Waals surface area contributed by atoms with Crippen LogP contribution < -0.4 is 10.5 Å². The molecule has 0 aliphatic rings. The molecule has 1 aromatic rings. The van der Waals surface area contributed by atoms with E-state index in [0.29, 0.717) is 6.42 Å². The molecule has 0 aliphatic carbocycles. The molecule has 0 amide bonds. The molecule has 0 aromatic carbocycles. The van der Waals surface area contributed by atoms with E-state index < -0.39 is 24.3 Å². The Kier molecular flexibility index (Phi) is 5.43. The monoisotopic (exact) mass is 316 g/mol. The molecule has 1 atom stereocenters. The standard InChI is InChI=1S/C12H14F6N2O/c1-2-3-21-8-4-7(5-20-6-8)9(19)10(11(13,14)15)12(16,17)18/h4-6,9-10H,2-3,19H2,1H3. The predicted octanol–water partition coefficient (Wildman–Crippen LogP) is 3.61. The maximum Gasteiger partial charge on any atom is 0.402 e. The Hall–Kier alpha value is -1.51.